The summed E-state index contributed by atoms with van der Waals surface area (Å²) in [5.74, 6) is -0.241. The fourth-order valence-electron chi connectivity index (χ4n) is 1.83. The molecular formula is C12H13NO3S. The first-order valence-electron chi connectivity index (χ1n) is 5.24. The Morgan fingerprint density at radius 2 is 2.00 bits per heavy atom. The van der Waals surface area contributed by atoms with Crippen molar-refractivity contribution >= 4 is 23.4 Å². The lowest BCUT2D eigenvalue weighted by molar-refractivity contribution is -0.196. The molecule has 90 valence electrons. The second-order valence-electron chi connectivity index (χ2n) is 4.14. The lowest BCUT2D eigenvalue weighted by atomic mass is 9.95. The predicted octanol–water partition coefficient (Wildman–Crippen LogP) is 1.69. The van der Waals surface area contributed by atoms with Crippen LogP contribution in [0.15, 0.2) is 30.3 Å². The van der Waals surface area contributed by atoms with Gasteiger partial charge >= 0.3 is 5.24 Å². The van der Waals surface area contributed by atoms with Crippen LogP contribution in [-0.2, 0) is 20.8 Å². The van der Waals surface area contributed by atoms with Gasteiger partial charge in [-0.1, -0.05) is 30.3 Å². The number of ether oxygens (including phenoxy) is 1. The van der Waals surface area contributed by atoms with Crippen molar-refractivity contribution in [2.24, 2.45) is 0 Å². The van der Waals surface area contributed by atoms with Gasteiger partial charge in [-0.25, -0.2) is 0 Å². The zero-order valence-corrected chi connectivity index (χ0v) is 10.5. The molecule has 1 aliphatic rings. The van der Waals surface area contributed by atoms with Gasteiger partial charge in [0.1, 0.15) is 0 Å². The second-order valence-corrected chi connectivity index (χ2v) is 4.47. The third-order valence-corrected chi connectivity index (χ3v) is 2.80. The van der Waals surface area contributed by atoms with Crippen LogP contribution in [0.3, 0.4) is 0 Å². The summed E-state index contributed by atoms with van der Waals surface area (Å²) in [6.07, 6.45) is 0.459. The first-order valence-corrected chi connectivity index (χ1v) is 5.65. The minimum atomic E-state index is -0.995. The van der Waals surface area contributed by atoms with Gasteiger partial charge in [-0.15, -0.1) is 0 Å². The van der Waals surface area contributed by atoms with E-state index in [0.29, 0.717) is 6.42 Å². The molecule has 0 spiro atoms. The fourth-order valence-corrected chi connectivity index (χ4v) is 2.13. The van der Waals surface area contributed by atoms with Crippen LogP contribution in [0.25, 0.3) is 0 Å². The maximum atomic E-state index is 12.0. The monoisotopic (exact) mass is 251 g/mol. The van der Waals surface area contributed by atoms with Crippen molar-refractivity contribution < 1.29 is 14.4 Å². The lowest BCUT2D eigenvalue weighted by Crippen LogP contribution is -2.55. The van der Waals surface area contributed by atoms with Crippen molar-refractivity contribution in [3.63, 3.8) is 0 Å². The number of benzene rings is 1. The van der Waals surface area contributed by atoms with Crippen molar-refractivity contribution in [1.29, 1.82) is 0 Å². The smallest absolute Gasteiger partial charge is 0.378 e. The zero-order chi connectivity index (χ0) is 12.5. The van der Waals surface area contributed by atoms with Crippen molar-refractivity contribution in [2.75, 3.05) is 7.05 Å². The molecule has 4 nitrogen and oxygen atoms in total. The molecule has 0 aromatic heterocycles. The Balaban J connectivity index is 2.22. The third-order valence-electron chi connectivity index (χ3n) is 2.64. The van der Waals surface area contributed by atoms with Gasteiger partial charge in [0.15, 0.2) is 5.60 Å². The van der Waals surface area contributed by atoms with Gasteiger partial charge < -0.3 is 9.57 Å². The van der Waals surface area contributed by atoms with E-state index in [1.807, 2.05) is 30.3 Å². The van der Waals surface area contributed by atoms with E-state index in [1.165, 1.54) is 7.05 Å². The maximum Gasteiger partial charge on any atom is 0.378 e. The number of amides is 1. The van der Waals surface area contributed by atoms with Gasteiger partial charge in [0, 0.05) is 25.7 Å². The molecule has 1 aliphatic heterocycles. The van der Waals surface area contributed by atoms with E-state index in [0.717, 1.165) is 10.6 Å². The molecule has 1 atom stereocenters. The molecule has 1 amide bonds. The average molecular weight is 251 g/mol. The molecular weight excluding hydrogens is 238 g/mol. The SMILES string of the molecule is CN1OC(=S)OC(C)(Cc2ccccc2)C1=O. The number of carbonyl (C=O) groups excluding carboxylic acids is 1. The summed E-state index contributed by atoms with van der Waals surface area (Å²) < 4.78 is 5.38. The van der Waals surface area contributed by atoms with Crippen LogP contribution in [-0.4, -0.2) is 28.9 Å². The number of nitrogens with zero attached hydrogens (tertiary/aromatic N) is 1. The van der Waals surface area contributed by atoms with Crippen molar-refractivity contribution in [2.45, 2.75) is 18.9 Å². The van der Waals surface area contributed by atoms with E-state index < -0.39 is 5.60 Å². The number of likely N-dealkylation sites (N-methyl/N-ethyl adjacent to an activating group) is 1. The van der Waals surface area contributed by atoms with E-state index in [1.54, 1.807) is 6.92 Å². The highest BCUT2D eigenvalue weighted by atomic mass is 32.1. The molecule has 1 unspecified atom stereocenters. The van der Waals surface area contributed by atoms with Gasteiger partial charge in [-0.05, 0) is 12.5 Å². The van der Waals surface area contributed by atoms with E-state index in [4.69, 9.17) is 21.8 Å². The zero-order valence-electron chi connectivity index (χ0n) is 9.67. The number of thiocarbonyl (C=S) groups is 1. The van der Waals surface area contributed by atoms with Gasteiger partial charge in [-0.2, -0.15) is 5.06 Å². The Morgan fingerprint density at radius 1 is 1.35 bits per heavy atom. The minimum absolute atomic E-state index is 0.0227. The quantitative estimate of drug-likeness (QED) is 0.750. The highest BCUT2D eigenvalue weighted by molar-refractivity contribution is 7.79. The fraction of sp³-hybridized carbons (Fsp3) is 0.333. The molecule has 1 fully saturated rings. The molecule has 0 bridgehead atoms. The first kappa shape index (κ1) is 11.9. The Bertz CT molecular complexity index is 448. The average Bonchev–Trinajstić information content (AvgIpc) is 2.27. The Hall–Kier alpha value is -1.62. The normalized spacial score (nSPS) is 24.2. The summed E-state index contributed by atoms with van der Waals surface area (Å²) in [6, 6.07) is 9.66. The van der Waals surface area contributed by atoms with Gasteiger partial charge in [-0.3, -0.25) is 4.79 Å². The first-order chi connectivity index (χ1) is 8.01. The molecule has 1 saturated heterocycles. The van der Waals surface area contributed by atoms with Crippen LogP contribution >= 0.6 is 12.2 Å². The van der Waals surface area contributed by atoms with Crippen LogP contribution < -0.4 is 0 Å². The van der Waals surface area contributed by atoms with Gasteiger partial charge in [0.25, 0.3) is 5.91 Å². The van der Waals surface area contributed by atoms with Crippen molar-refractivity contribution in [3.8, 4) is 0 Å². The Kier molecular flexibility index (Phi) is 3.02. The van der Waals surface area contributed by atoms with Crippen LogP contribution in [0.4, 0.5) is 0 Å². The van der Waals surface area contributed by atoms with Gasteiger partial charge in [0.2, 0.25) is 0 Å². The molecule has 0 N–H and O–H groups in total. The van der Waals surface area contributed by atoms with Crippen LogP contribution in [0.1, 0.15) is 12.5 Å². The molecule has 0 radical (unpaired) electrons. The van der Waals surface area contributed by atoms with E-state index in [-0.39, 0.29) is 11.1 Å². The molecule has 1 heterocycles. The largest absolute Gasteiger partial charge is 0.438 e. The molecule has 0 aliphatic carbocycles. The van der Waals surface area contributed by atoms with Crippen LogP contribution in [0.5, 0.6) is 0 Å². The van der Waals surface area contributed by atoms with Gasteiger partial charge in [0.05, 0.1) is 0 Å². The topological polar surface area (TPSA) is 38.8 Å². The van der Waals surface area contributed by atoms with E-state index in [9.17, 15) is 4.79 Å². The summed E-state index contributed by atoms with van der Waals surface area (Å²) in [5.41, 5.74) is 0.0206. The minimum Gasteiger partial charge on any atom is -0.438 e. The maximum absolute atomic E-state index is 12.0. The Labute approximate surface area is 105 Å². The highest BCUT2D eigenvalue weighted by Crippen LogP contribution is 2.25. The number of hydrogen-bond acceptors (Lipinski definition) is 4. The van der Waals surface area contributed by atoms with E-state index >= 15 is 0 Å². The highest BCUT2D eigenvalue weighted by Gasteiger charge is 2.44. The number of hydroxylamine groups is 2. The summed E-state index contributed by atoms with van der Waals surface area (Å²) in [7, 11) is 1.53. The van der Waals surface area contributed by atoms with E-state index in [2.05, 4.69) is 0 Å². The second kappa shape index (κ2) is 4.33. The lowest BCUT2D eigenvalue weighted by Gasteiger charge is -2.36. The van der Waals surface area contributed by atoms with Crippen LogP contribution in [0.2, 0.25) is 0 Å². The number of rotatable bonds is 2. The van der Waals surface area contributed by atoms with Crippen LogP contribution in [0, 0.1) is 0 Å². The summed E-state index contributed by atoms with van der Waals surface area (Å²) >= 11 is 4.86. The number of hydrogen-bond donors (Lipinski definition) is 0. The summed E-state index contributed by atoms with van der Waals surface area (Å²) in [6.45, 7) is 1.72. The standard InChI is InChI=1S/C12H13NO3S/c1-12(8-9-6-4-3-5-7-9)10(14)13(2)16-11(17)15-12/h3-7H,8H2,1-2H3. The van der Waals surface area contributed by atoms with Crippen molar-refractivity contribution in [3.05, 3.63) is 35.9 Å². The number of carbonyl (C=O) groups is 1. The summed E-state index contributed by atoms with van der Waals surface area (Å²) in [4.78, 5) is 16.9. The summed E-state index contributed by atoms with van der Waals surface area (Å²) in [5, 5.41) is 1.10. The third kappa shape index (κ3) is 2.39. The molecule has 0 saturated carbocycles. The molecule has 17 heavy (non-hydrogen) atoms. The molecule has 1 aromatic rings. The molecule has 2 rings (SSSR count). The predicted molar refractivity (Wildman–Crippen MR) is 66.1 cm³/mol. The van der Waals surface area contributed by atoms with Crippen molar-refractivity contribution in [1.82, 2.24) is 5.06 Å². The Morgan fingerprint density at radius 3 is 2.65 bits per heavy atom. The molecule has 1 aromatic carbocycles. The molecule has 5 heteroatoms.